The standard InChI is InChI=1S/C8H11N5O3.CH6O6P2.4Li/c9-8-11-6-5(7(15)12-8)10-3-13(6)4-16-2-1-14;2-8(3,4)1-9(5,6)7;;;;/h3,14H,1-2,4H2,(H3,9,11,12,15);1H2,(H2,2,3,4)(H2,5,6,7);;;;/q;;4*+1/p-4. The molecule has 0 amide bonds. The van der Waals surface area contributed by atoms with Gasteiger partial charge in [0.05, 0.1) is 19.5 Å². The minimum atomic E-state index is -5.18. The summed E-state index contributed by atoms with van der Waals surface area (Å²) >= 11 is 0. The smallest absolute Gasteiger partial charge is 0.810 e. The molecule has 142 valence electrons. The van der Waals surface area contributed by atoms with Crippen LogP contribution in [0.5, 0.6) is 0 Å². The molecule has 0 fully saturated rings. The van der Waals surface area contributed by atoms with E-state index < -0.39 is 21.1 Å². The maximum absolute atomic E-state index is 11.4. The number of anilines is 1. The first-order valence-corrected chi connectivity index (χ1v) is 9.80. The minimum absolute atomic E-state index is 0. The van der Waals surface area contributed by atoms with Gasteiger partial charge in [0.15, 0.2) is 11.2 Å². The third-order valence-electron chi connectivity index (χ3n) is 2.31. The van der Waals surface area contributed by atoms with Crippen LogP contribution in [0.2, 0.25) is 0 Å². The Hall–Kier alpha value is 0.760. The zero-order chi connectivity index (χ0) is 19.3. The molecule has 0 unspecified atom stereocenters. The molecule has 2 rings (SSSR count). The maximum atomic E-state index is 11.4. The van der Waals surface area contributed by atoms with Crippen molar-refractivity contribution in [1.82, 2.24) is 19.5 Å². The van der Waals surface area contributed by atoms with Crippen LogP contribution in [0.25, 0.3) is 11.2 Å². The number of rotatable bonds is 6. The Bertz CT molecular complexity index is 850. The van der Waals surface area contributed by atoms with E-state index in [9.17, 15) is 33.5 Å². The summed E-state index contributed by atoms with van der Waals surface area (Å²) in [5, 5.41) is 8.56. The molecule has 14 nitrogen and oxygen atoms in total. The number of H-pyrrole nitrogens is 1. The number of hydrogen-bond donors (Lipinski definition) is 3. The molecule has 0 saturated heterocycles. The van der Waals surface area contributed by atoms with Gasteiger partial charge in [-0.2, -0.15) is 4.98 Å². The third kappa shape index (κ3) is 15.2. The number of nitrogens with one attached hydrogen (secondary N) is 1. The van der Waals surface area contributed by atoms with Gasteiger partial charge >= 0.3 is 75.4 Å². The number of aliphatic hydroxyl groups is 1. The number of ether oxygens (including phenoxy) is 1. The zero-order valence-electron chi connectivity index (χ0n) is 16.4. The quantitative estimate of drug-likeness (QED) is 0.222. The summed E-state index contributed by atoms with van der Waals surface area (Å²) in [5.74, 6) is -1.79. The maximum Gasteiger partial charge on any atom is 1.00 e. The van der Waals surface area contributed by atoms with Crippen LogP contribution < -0.4 is 106 Å². The fraction of sp³-hybridized carbons (Fsp3) is 0.444. The topological polar surface area (TPSA) is 245 Å². The van der Waals surface area contributed by atoms with Crippen LogP contribution in [-0.4, -0.2) is 43.7 Å². The molecular weight excluding hydrogens is 412 g/mol. The Morgan fingerprint density at radius 3 is 2.07 bits per heavy atom. The molecule has 0 aliphatic heterocycles. The van der Waals surface area contributed by atoms with Crippen molar-refractivity contribution < 1.29 is 114 Å². The van der Waals surface area contributed by atoms with Gasteiger partial charge in [0.1, 0.15) is 6.73 Å². The van der Waals surface area contributed by atoms with Gasteiger partial charge in [-0.15, -0.1) is 0 Å². The van der Waals surface area contributed by atoms with E-state index in [1.54, 1.807) is 0 Å². The van der Waals surface area contributed by atoms with Gasteiger partial charge in [-0.1, -0.05) is 15.2 Å². The van der Waals surface area contributed by atoms with Gasteiger partial charge in [-0.3, -0.25) is 14.3 Å². The van der Waals surface area contributed by atoms with Crippen molar-refractivity contribution in [3.05, 3.63) is 16.7 Å². The summed E-state index contributed by atoms with van der Waals surface area (Å²) in [5.41, 5.74) is 5.60. The molecule has 0 radical (unpaired) electrons. The Balaban J connectivity index is -0.000000213. The first kappa shape index (κ1) is 37.1. The van der Waals surface area contributed by atoms with Crippen molar-refractivity contribution in [2.45, 2.75) is 6.73 Å². The Labute approximate surface area is 212 Å². The second-order valence-electron chi connectivity index (χ2n) is 4.46. The molecule has 2 heterocycles. The first-order valence-electron chi connectivity index (χ1n) is 6.34. The van der Waals surface area contributed by atoms with Crippen molar-refractivity contribution in [3.63, 3.8) is 0 Å². The van der Waals surface area contributed by atoms with Crippen LogP contribution in [0, 0.1) is 0 Å². The van der Waals surface area contributed by atoms with Crippen molar-refractivity contribution in [1.29, 1.82) is 0 Å². The van der Waals surface area contributed by atoms with Crippen LogP contribution in [-0.2, 0) is 20.6 Å². The summed E-state index contributed by atoms with van der Waals surface area (Å²) in [6.07, 6.45) is 1.43. The average molecular weight is 425 g/mol. The monoisotopic (exact) mass is 425 g/mol. The molecule has 0 spiro atoms. The molecule has 0 saturated carbocycles. The number of hydrogen-bond acceptors (Lipinski definition) is 12. The van der Waals surface area contributed by atoms with Crippen LogP contribution in [0.4, 0.5) is 5.95 Å². The van der Waals surface area contributed by atoms with Crippen LogP contribution in [0.3, 0.4) is 0 Å². The number of nitrogens with two attached hydrogens (primary N) is 1. The van der Waals surface area contributed by atoms with Crippen molar-refractivity contribution in [2.24, 2.45) is 0 Å². The van der Waals surface area contributed by atoms with Crippen LogP contribution >= 0.6 is 15.2 Å². The molecule has 0 aromatic carbocycles. The third-order valence-corrected chi connectivity index (χ3v) is 5.08. The Kier molecular flexibility index (Phi) is 21.0. The van der Waals surface area contributed by atoms with Gasteiger partial charge in [-0.05, 0) is 0 Å². The van der Waals surface area contributed by atoms with Crippen molar-refractivity contribution in [2.75, 3.05) is 24.9 Å². The average Bonchev–Trinajstić information content (AvgIpc) is 2.79. The van der Waals surface area contributed by atoms with Crippen molar-refractivity contribution >= 4 is 32.3 Å². The van der Waals surface area contributed by atoms with Gasteiger partial charge in [0.25, 0.3) is 5.56 Å². The van der Waals surface area contributed by atoms with E-state index in [0.717, 1.165) is 0 Å². The number of aliphatic hydroxyl groups excluding tert-OH is 1. The van der Waals surface area contributed by atoms with Gasteiger partial charge in [-0.25, -0.2) is 4.98 Å². The number of imidazole rings is 1. The van der Waals surface area contributed by atoms with E-state index in [2.05, 4.69) is 15.0 Å². The number of nitrogen functional groups attached to an aromatic ring is 1. The van der Waals surface area contributed by atoms with Gasteiger partial charge in [0.2, 0.25) is 5.95 Å². The fourth-order valence-electron chi connectivity index (χ4n) is 1.50. The largest absolute Gasteiger partial charge is 1.00 e. The molecule has 0 aliphatic carbocycles. The summed E-state index contributed by atoms with van der Waals surface area (Å²) in [6, 6.07) is 0. The number of fused-ring (bicyclic) bond motifs is 1. The zero-order valence-corrected chi connectivity index (χ0v) is 18.2. The molecule has 2 aromatic heterocycles. The second-order valence-corrected chi connectivity index (χ2v) is 8.04. The summed E-state index contributed by atoms with van der Waals surface area (Å²) in [7, 11) is -10.4. The van der Waals surface area contributed by atoms with Crippen molar-refractivity contribution in [3.8, 4) is 0 Å². The molecule has 0 aliphatic rings. The van der Waals surface area contributed by atoms with E-state index in [1.807, 2.05) is 0 Å². The summed E-state index contributed by atoms with van der Waals surface area (Å²) in [4.78, 5) is 59.8. The SMILES string of the molecule is Nc1nc2c(ncn2COCCO)c(=O)[nH]1.O=P([O-])([O-])CP(=O)([O-])[O-].[Li+].[Li+].[Li+].[Li+]. The first-order chi connectivity index (χ1) is 11.4. The second kappa shape index (κ2) is 16.4. The number of aromatic nitrogens is 4. The summed E-state index contributed by atoms with van der Waals surface area (Å²) < 4.78 is 25.7. The Morgan fingerprint density at radius 1 is 1.14 bits per heavy atom. The van der Waals surface area contributed by atoms with E-state index in [4.69, 9.17) is 15.6 Å². The van der Waals surface area contributed by atoms with Crippen LogP contribution in [0.15, 0.2) is 11.1 Å². The molecule has 0 bridgehead atoms. The van der Waals surface area contributed by atoms with Gasteiger partial charge < -0.3 is 44.3 Å². The van der Waals surface area contributed by atoms with Crippen LogP contribution in [0.1, 0.15) is 0 Å². The van der Waals surface area contributed by atoms with E-state index >= 15 is 0 Å². The van der Waals surface area contributed by atoms with E-state index in [-0.39, 0.29) is 112 Å². The molecule has 4 N–H and O–H groups in total. The molecular formula is C9H13Li4N5O9P2. The fourth-order valence-corrected chi connectivity index (χ4v) is 3.20. The predicted octanol–water partition coefficient (Wildman–Crippen LogP) is -16.5. The molecule has 29 heavy (non-hydrogen) atoms. The van der Waals surface area contributed by atoms with Gasteiger partial charge in [0, 0.05) is 5.90 Å². The predicted molar refractivity (Wildman–Crippen MR) is 75.7 cm³/mol. The molecule has 2 aromatic rings. The summed E-state index contributed by atoms with van der Waals surface area (Å²) in [6.45, 7) is 0.300. The normalized spacial score (nSPS) is 10.4. The number of aromatic amines is 1. The Morgan fingerprint density at radius 2 is 1.66 bits per heavy atom. The minimum Gasteiger partial charge on any atom is -0.810 e. The van der Waals surface area contributed by atoms with E-state index in [0.29, 0.717) is 5.65 Å². The number of nitrogens with zero attached hydrogens (tertiary/aromatic N) is 3. The van der Waals surface area contributed by atoms with E-state index in [1.165, 1.54) is 10.9 Å². The molecule has 20 heteroatoms. The molecule has 0 atom stereocenters.